The zero-order valence-corrected chi connectivity index (χ0v) is 29.1. The number of anilines is 2. The van der Waals surface area contributed by atoms with Crippen LogP contribution in [0.15, 0.2) is 47.3 Å². The van der Waals surface area contributed by atoms with E-state index in [2.05, 4.69) is 34.4 Å². The standard InChI is InChI=1S/C37H45N5O6/c1-19(2)33(37(45)39-23-11-15-29-28(17-23)41-36(20(3)4)42(29)6)40-27-14-12-24-25(18-30(27)44)26(38-21(5)43)13-10-22-16-31(46-7)34(47-8)35(48-9)32(22)24/h11-12,14-20,26,33H,10,13H2,1-9H3,(H,38,43)(H,39,45)(H,40,44)/t26-,33-/m1/s1. The zero-order chi connectivity index (χ0) is 34.9. The molecule has 0 unspecified atom stereocenters. The molecule has 0 bridgehead atoms. The van der Waals surface area contributed by atoms with Gasteiger partial charge in [-0.2, -0.15) is 0 Å². The number of hydrogen-bond acceptors (Lipinski definition) is 8. The summed E-state index contributed by atoms with van der Waals surface area (Å²) in [6.45, 7) is 9.49. The maximum atomic E-state index is 13.9. The lowest BCUT2D eigenvalue weighted by Gasteiger charge is -2.22. The lowest BCUT2D eigenvalue weighted by atomic mass is 9.95. The van der Waals surface area contributed by atoms with Gasteiger partial charge >= 0.3 is 0 Å². The summed E-state index contributed by atoms with van der Waals surface area (Å²) < 4.78 is 19.3. The van der Waals surface area contributed by atoms with Crippen LogP contribution >= 0.6 is 0 Å². The summed E-state index contributed by atoms with van der Waals surface area (Å²) in [5, 5.41) is 9.28. The molecular formula is C37H45N5O6. The fourth-order valence-corrected chi connectivity index (χ4v) is 6.56. The smallest absolute Gasteiger partial charge is 0.247 e. The fraction of sp³-hybridized carbons (Fsp3) is 0.405. The maximum absolute atomic E-state index is 13.9. The number of nitrogens with one attached hydrogen (secondary N) is 3. The summed E-state index contributed by atoms with van der Waals surface area (Å²) in [5.74, 6) is 1.98. The lowest BCUT2D eigenvalue weighted by Crippen LogP contribution is -2.39. The number of imidazole rings is 1. The second-order valence-corrected chi connectivity index (χ2v) is 12.8. The Bertz CT molecular complexity index is 1930. The largest absolute Gasteiger partial charge is 0.493 e. The van der Waals surface area contributed by atoms with E-state index in [9.17, 15) is 14.4 Å². The van der Waals surface area contributed by atoms with Gasteiger partial charge in [-0.3, -0.25) is 14.4 Å². The Morgan fingerprint density at radius 2 is 1.69 bits per heavy atom. The summed E-state index contributed by atoms with van der Waals surface area (Å²) in [4.78, 5) is 44.7. The van der Waals surface area contributed by atoms with Crippen LogP contribution in [0.3, 0.4) is 0 Å². The molecule has 3 aromatic carbocycles. The van der Waals surface area contributed by atoms with Gasteiger partial charge in [0.2, 0.25) is 23.0 Å². The number of aryl methyl sites for hydroxylation is 2. The van der Waals surface area contributed by atoms with Crippen molar-refractivity contribution in [1.29, 1.82) is 0 Å². The van der Waals surface area contributed by atoms with Crippen molar-refractivity contribution in [1.82, 2.24) is 14.9 Å². The Kier molecular flexibility index (Phi) is 9.98. The monoisotopic (exact) mass is 655 g/mol. The molecule has 0 saturated heterocycles. The van der Waals surface area contributed by atoms with Crippen molar-refractivity contribution in [2.75, 3.05) is 32.0 Å². The second-order valence-electron chi connectivity index (χ2n) is 12.8. The minimum absolute atomic E-state index is 0.163. The summed E-state index contributed by atoms with van der Waals surface area (Å²) in [6, 6.07) is 11.5. The Morgan fingerprint density at radius 1 is 0.958 bits per heavy atom. The van der Waals surface area contributed by atoms with Crippen LogP contribution in [-0.4, -0.2) is 48.7 Å². The van der Waals surface area contributed by atoms with Crippen molar-refractivity contribution in [2.24, 2.45) is 13.0 Å². The molecule has 0 saturated carbocycles. The van der Waals surface area contributed by atoms with Gasteiger partial charge in [0.15, 0.2) is 11.5 Å². The van der Waals surface area contributed by atoms with Crippen molar-refractivity contribution in [2.45, 2.75) is 65.5 Å². The van der Waals surface area contributed by atoms with Crippen LogP contribution < -0.4 is 35.6 Å². The van der Waals surface area contributed by atoms with E-state index >= 15 is 0 Å². The Balaban J connectivity index is 1.55. The van der Waals surface area contributed by atoms with Gasteiger partial charge in [0.05, 0.1) is 44.1 Å². The Hall–Kier alpha value is -5.06. The summed E-state index contributed by atoms with van der Waals surface area (Å²) >= 11 is 0. The van der Waals surface area contributed by atoms with E-state index in [1.54, 1.807) is 33.5 Å². The quantitative estimate of drug-likeness (QED) is 0.191. The van der Waals surface area contributed by atoms with Crippen molar-refractivity contribution in [3.63, 3.8) is 0 Å². The van der Waals surface area contributed by atoms with Crippen LogP contribution in [0, 0.1) is 5.92 Å². The van der Waals surface area contributed by atoms with Gasteiger partial charge in [-0.25, -0.2) is 4.98 Å². The van der Waals surface area contributed by atoms with E-state index < -0.39 is 12.1 Å². The lowest BCUT2D eigenvalue weighted by molar-refractivity contribution is -0.120. The Morgan fingerprint density at radius 3 is 2.31 bits per heavy atom. The number of hydrogen-bond donors (Lipinski definition) is 3. The minimum atomic E-state index is -0.733. The first-order chi connectivity index (χ1) is 22.9. The van der Waals surface area contributed by atoms with E-state index in [0.29, 0.717) is 46.9 Å². The highest BCUT2D eigenvalue weighted by Gasteiger charge is 2.30. The molecule has 0 spiro atoms. The van der Waals surface area contributed by atoms with Crippen LogP contribution in [0.5, 0.6) is 17.2 Å². The molecule has 1 aromatic heterocycles. The van der Waals surface area contributed by atoms with Gasteiger partial charge in [0.25, 0.3) is 0 Å². The first-order valence-electron chi connectivity index (χ1n) is 16.2. The van der Waals surface area contributed by atoms with Crippen LogP contribution in [-0.2, 0) is 23.1 Å². The van der Waals surface area contributed by atoms with Crippen LogP contribution in [0.4, 0.5) is 11.4 Å². The number of aromatic nitrogens is 2. The predicted octanol–water partition coefficient (Wildman–Crippen LogP) is 5.95. The average Bonchev–Trinajstić information content (AvgIpc) is 3.19. The molecule has 1 aliphatic rings. The van der Waals surface area contributed by atoms with Crippen LogP contribution in [0.2, 0.25) is 0 Å². The number of methoxy groups -OCH3 is 3. The number of carbonyl (C=O) groups is 2. The summed E-state index contributed by atoms with van der Waals surface area (Å²) in [6.07, 6.45) is 1.13. The highest BCUT2D eigenvalue weighted by molar-refractivity contribution is 5.98. The first kappa shape index (κ1) is 34.3. The molecule has 11 nitrogen and oxygen atoms in total. The van der Waals surface area contributed by atoms with E-state index in [4.69, 9.17) is 19.2 Å². The van der Waals surface area contributed by atoms with Gasteiger partial charge in [-0.05, 0) is 71.8 Å². The molecule has 254 valence electrons. The molecule has 1 heterocycles. The molecule has 5 rings (SSSR count). The maximum Gasteiger partial charge on any atom is 0.247 e. The van der Waals surface area contributed by atoms with Gasteiger partial charge < -0.3 is 34.7 Å². The van der Waals surface area contributed by atoms with Crippen molar-refractivity contribution >= 4 is 34.2 Å². The average molecular weight is 656 g/mol. The minimum Gasteiger partial charge on any atom is -0.493 e. The number of ether oxygens (including phenoxy) is 3. The third-order valence-corrected chi connectivity index (χ3v) is 8.88. The molecule has 11 heteroatoms. The van der Waals surface area contributed by atoms with Gasteiger partial charge in [0.1, 0.15) is 11.9 Å². The molecule has 3 N–H and O–H groups in total. The number of benzene rings is 2. The van der Waals surface area contributed by atoms with E-state index in [0.717, 1.165) is 28.0 Å². The van der Waals surface area contributed by atoms with Gasteiger partial charge in [-0.1, -0.05) is 33.8 Å². The summed E-state index contributed by atoms with van der Waals surface area (Å²) in [5.41, 5.74) is 5.36. The Labute approximate surface area is 281 Å². The molecule has 48 heavy (non-hydrogen) atoms. The van der Waals surface area contributed by atoms with E-state index in [1.807, 2.05) is 51.2 Å². The van der Waals surface area contributed by atoms with E-state index in [1.165, 1.54) is 6.92 Å². The number of nitrogens with zero attached hydrogens (tertiary/aromatic N) is 2. The number of amides is 2. The summed E-state index contributed by atoms with van der Waals surface area (Å²) in [7, 11) is 6.66. The third kappa shape index (κ3) is 6.54. The number of rotatable bonds is 10. The first-order valence-corrected chi connectivity index (χ1v) is 16.2. The van der Waals surface area contributed by atoms with E-state index in [-0.39, 0.29) is 34.8 Å². The van der Waals surface area contributed by atoms with Crippen LogP contribution in [0.1, 0.15) is 70.0 Å². The number of carbonyl (C=O) groups excluding carboxylic acids is 2. The molecule has 0 fully saturated rings. The SMILES string of the molecule is COc1cc2c(c(OC)c1OC)-c1ccc(N[C@@H](C(=O)Nc3ccc4c(c3)nc(C(C)C)n4C)C(C)C)c(=O)cc1[C@H](NC(C)=O)CC2. The van der Waals surface area contributed by atoms with Crippen molar-refractivity contribution < 1.29 is 23.8 Å². The highest BCUT2D eigenvalue weighted by Crippen LogP contribution is 2.50. The molecule has 0 radical (unpaired) electrons. The van der Waals surface area contributed by atoms with Crippen molar-refractivity contribution in [3.05, 3.63) is 69.6 Å². The number of fused-ring (bicyclic) bond motifs is 4. The fourth-order valence-electron chi connectivity index (χ4n) is 6.56. The third-order valence-electron chi connectivity index (χ3n) is 8.88. The molecule has 2 atom stereocenters. The van der Waals surface area contributed by atoms with Crippen LogP contribution in [0.25, 0.3) is 22.2 Å². The highest BCUT2D eigenvalue weighted by atomic mass is 16.5. The topological polar surface area (TPSA) is 133 Å². The normalized spacial score (nSPS) is 14.5. The predicted molar refractivity (Wildman–Crippen MR) is 188 cm³/mol. The zero-order valence-electron chi connectivity index (χ0n) is 29.1. The molecular weight excluding hydrogens is 610 g/mol. The second kappa shape index (κ2) is 14.0. The van der Waals surface area contributed by atoms with Crippen molar-refractivity contribution in [3.8, 4) is 28.4 Å². The van der Waals surface area contributed by atoms with Gasteiger partial charge in [0, 0.05) is 31.1 Å². The van der Waals surface area contributed by atoms with Gasteiger partial charge in [-0.15, -0.1) is 0 Å². The molecule has 4 aromatic rings. The molecule has 0 aliphatic heterocycles. The molecule has 2 amide bonds. The molecule has 1 aliphatic carbocycles.